The molecule has 0 bridgehead atoms. The Morgan fingerprint density at radius 2 is 1.84 bits per heavy atom. The number of nitrogen functional groups attached to an aromatic ring is 1. The Morgan fingerprint density at radius 1 is 1.21 bits per heavy atom. The molecule has 0 saturated carbocycles. The number of nitrogens with zero attached hydrogens (tertiary/aromatic N) is 2. The second-order valence-electron chi connectivity index (χ2n) is 4.69. The molecule has 1 aromatic carbocycles. The summed E-state index contributed by atoms with van der Waals surface area (Å²) in [4.78, 5) is 12.3. The third kappa shape index (κ3) is 2.26. The predicted molar refractivity (Wildman–Crippen MR) is 79.5 cm³/mol. The number of anilines is 1. The molecule has 0 unspecified atom stereocenters. The molecule has 0 amide bonds. The van der Waals surface area contributed by atoms with E-state index in [-0.39, 0.29) is 17.2 Å². The fraction of sp³-hybridized carbons (Fsp3) is 0.308. The van der Waals surface area contributed by atoms with Crippen molar-refractivity contribution in [2.75, 3.05) is 5.73 Å². The van der Waals surface area contributed by atoms with Gasteiger partial charge in [-0.3, -0.25) is 9.48 Å². The Balaban J connectivity index is 2.73. The molecule has 1 heterocycles. The topological polar surface area (TPSA) is 53.0 Å². The molecule has 2 rings (SSSR count). The van der Waals surface area contributed by atoms with Gasteiger partial charge in [0, 0.05) is 7.05 Å². The Morgan fingerprint density at radius 3 is 2.32 bits per heavy atom. The molecule has 102 valence electrons. The molecule has 0 aliphatic heterocycles. The van der Waals surface area contributed by atoms with Crippen LogP contribution in [0.4, 0.5) is 5.69 Å². The summed E-state index contributed by atoms with van der Waals surface area (Å²) in [5.74, 6) is 0.154. The Labute approximate surface area is 121 Å². The molecule has 6 heteroatoms. The molecule has 0 saturated heterocycles. The molecule has 2 N–H and O–H groups in total. The first kappa shape index (κ1) is 14.0. The molecule has 0 aliphatic carbocycles. The van der Waals surface area contributed by atoms with Crippen molar-refractivity contribution in [3.05, 3.63) is 44.3 Å². The molecule has 1 aromatic heterocycles. The third-order valence-electron chi connectivity index (χ3n) is 3.04. The van der Waals surface area contributed by atoms with Gasteiger partial charge in [0.05, 0.1) is 21.4 Å². The zero-order valence-corrected chi connectivity index (χ0v) is 12.5. The molecule has 0 atom stereocenters. The summed E-state index contributed by atoms with van der Waals surface area (Å²) in [6.45, 7) is 3.98. The SMILES string of the molecule is CC(C)c1c(N)c(=O)n(-c2ccc(Cl)c(Cl)c2)n1C. The second-order valence-corrected chi connectivity index (χ2v) is 5.51. The van der Waals surface area contributed by atoms with E-state index in [0.29, 0.717) is 15.7 Å². The van der Waals surface area contributed by atoms with Crippen LogP contribution in [0.2, 0.25) is 10.0 Å². The molecule has 4 nitrogen and oxygen atoms in total. The fourth-order valence-electron chi connectivity index (χ4n) is 2.23. The number of halogens is 2. The maximum absolute atomic E-state index is 12.3. The molecule has 0 aliphatic rings. The zero-order valence-electron chi connectivity index (χ0n) is 10.9. The Bertz CT molecular complexity index is 686. The van der Waals surface area contributed by atoms with Crippen LogP contribution in [0.3, 0.4) is 0 Å². The number of rotatable bonds is 2. The van der Waals surface area contributed by atoms with Crippen molar-refractivity contribution in [3.8, 4) is 5.69 Å². The van der Waals surface area contributed by atoms with Crippen LogP contribution in [0.5, 0.6) is 0 Å². The van der Waals surface area contributed by atoms with Crippen molar-refractivity contribution >= 4 is 28.9 Å². The summed E-state index contributed by atoms with van der Waals surface area (Å²) in [6, 6.07) is 5.04. The van der Waals surface area contributed by atoms with Crippen LogP contribution in [0.1, 0.15) is 25.5 Å². The van der Waals surface area contributed by atoms with Gasteiger partial charge in [-0.1, -0.05) is 37.0 Å². The van der Waals surface area contributed by atoms with Crippen molar-refractivity contribution in [1.82, 2.24) is 9.36 Å². The van der Waals surface area contributed by atoms with Crippen molar-refractivity contribution in [1.29, 1.82) is 0 Å². The first-order valence-electron chi connectivity index (χ1n) is 5.87. The van der Waals surface area contributed by atoms with Gasteiger partial charge in [-0.05, 0) is 24.1 Å². The number of benzene rings is 1. The van der Waals surface area contributed by atoms with Gasteiger partial charge >= 0.3 is 0 Å². The minimum absolute atomic E-state index is 0.154. The highest BCUT2D eigenvalue weighted by Gasteiger charge is 2.19. The van der Waals surface area contributed by atoms with Crippen molar-refractivity contribution < 1.29 is 0 Å². The molecule has 0 spiro atoms. The predicted octanol–water partition coefficient (Wildman–Crippen LogP) is 3.19. The van der Waals surface area contributed by atoms with E-state index >= 15 is 0 Å². The molecule has 19 heavy (non-hydrogen) atoms. The van der Waals surface area contributed by atoms with E-state index in [1.54, 1.807) is 29.9 Å². The number of hydrogen-bond acceptors (Lipinski definition) is 2. The Hall–Kier alpha value is -1.39. The summed E-state index contributed by atoms with van der Waals surface area (Å²) in [6.07, 6.45) is 0. The maximum Gasteiger partial charge on any atom is 0.294 e. The van der Waals surface area contributed by atoms with E-state index in [2.05, 4.69) is 0 Å². The van der Waals surface area contributed by atoms with E-state index in [0.717, 1.165) is 5.69 Å². The van der Waals surface area contributed by atoms with Crippen LogP contribution in [0, 0.1) is 0 Å². The van der Waals surface area contributed by atoms with Gasteiger partial charge in [-0.2, -0.15) is 0 Å². The first-order chi connectivity index (χ1) is 8.84. The van der Waals surface area contributed by atoms with Gasteiger partial charge in [-0.15, -0.1) is 0 Å². The lowest BCUT2D eigenvalue weighted by atomic mass is 10.1. The third-order valence-corrected chi connectivity index (χ3v) is 3.78. The number of hydrogen-bond donors (Lipinski definition) is 1. The van der Waals surface area contributed by atoms with E-state index < -0.39 is 0 Å². The van der Waals surface area contributed by atoms with E-state index in [1.807, 2.05) is 13.8 Å². The van der Waals surface area contributed by atoms with Gasteiger partial charge in [0.15, 0.2) is 0 Å². The first-order valence-corrected chi connectivity index (χ1v) is 6.63. The molecule has 0 radical (unpaired) electrons. The highest BCUT2D eigenvalue weighted by molar-refractivity contribution is 6.42. The maximum atomic E-state index is 12.3. The Kier molecular flexibility index (Phi) is 3.65. The number of aromatic nitrogens is 2. The highest BCUT2D eigenvalue weighted by atomic mass is 35.5. The zero-order chi connectivity index (χ0) is 14.3. The lowest BCUT2D eigenvalue weighted by Crippen LogP contribution is -2.20. The monoisotopic (exact) mass is 299 g/mol. The molecule has 2 aromatic rings. The van der Waals surface area contributed by atoms with Crippen LogP contribution in [0.25, 0.3) is 5.69 Å². The van der Waals surface area contributed by atoms with E-state index in [9.17, 15) is 4.79 Å². The van der Waals surface area contributed by atoms with Crippen LogP contribution in [0.15, 0.2) is 23.0 Å². The molecular formula is C13H15Cl2N3O. The fourth-order valence-corrected chi connectivity index (χ4v) is 2.53. The van der Waals surface area contributed by atoms with Crippen molar-refractivity contribution in [2.45, 2.75) is 19.8 Å². The van der Waals surface area contributed by atoms with Crippen LogP contribution >= 0.6 is 23.2 Å². The lowest BCUT2D eigenvalue weighted by Gasteiger charge is -2.12. The summed E-state index contributed by atoms with van der Waals surface area (Å²) >= 11 is 11.9. The quantitative estimate of drug-likeness (QED) is 0.926. The smallest absolute Gasteiger partial charge is 0.294 e. The van der Waals surface area contributed by atoms with E-state index in [1.165, 1.54) is 4.68 Å². The molecular weight excluding hydrogens is 285 g/mol. The average Bonchev–Trinajstić information content (AvgIpc) is 2.54. The van der Waals surface area contributed by atoms with Crippen molar-refractivity contribution in [3.63, 3.8) is 0 Å². The van der Waals surface area contributed by atoms with Crippen LogP contribution in [-0.4, -0.2) is 9.36 Å². The average molecular weight is 300 g/mol. The van der Waals surface area contributed by atoms with Gasteiger partial charge in [0.25, 0.3) is 5.56 Å². The van der Waals surface area contributed by atoms with E-state index in [4.69, 9.17) is 28.9 Å². The number of nitrogens with two attached hydrogens (primary N) is 1. The summed E-state index contributed by atoms with van der Waals surface area (Å²) in [5, 5.41) is 0.849. The summed E-state index contributed by atoms with van der Waals surface area (Å²) in [7, 11) is 1.80. The largest absolute Gasteiger partial charge is 0.393 e. The lowest BCUT2D eigenvalue weighted by molar-refractivity contribution is 0.595. The molecule has 0 fully saturated rings. The minimum atomic E-state index is -0.246. The van der Waals surface area contributed by atoms with Crippen molar-refractivity contribution in [2.24, 2.45) is 7.05 Å². The highest BCUT2D eigenvalue weighted by Crippen LogP contribution is 2.26. The van der Waals surface area contributed by atoms with Crippen LogP contribution < -0.4 is 11.3 Å². The second kappa shape index (κ2) is 4.94. The van der Waals surface area contributed by atoms with Gasteiger partial charge < -0.3 is 5.73 Å². The normalized spacial score (nSPS) is 11.3. The summed E-state index contributed by atoms with van der Waals surface area (Å²) in [5.41, 5.74) is 7.36. The van der Waals surface area contributed by atoms with Gasteiger partial charge in [0.2, 0.25) is 0 Å². The van der Waals surface area contributed by atoms with Gasteiger partial charge in [-0.25, -0.2) is 4.68 Å². The summed E-state index contributed by atoms with van der Waals surface area (Å²) < 4.78 is 3.24. The van der Waals surface area contributed by atoms with Gasteiger partial charge in [0.1, 0.15) is 5.69 Å². The standard InChI is InChI=1S/C13H15Cl2N3O/c1-7(2)12-11(16)13(19)18(17(12)3)8-4-5-9(14)10(15)6-8/h4-7H,16H2,1-3H3. The van der Waals surface area contributed by atoms with Crippen LogP contribution in [-0.2, 0) is 7.05 Å². The minimum Gasteiger partial charge on any atom is -0.393 e.